The molecule has 0 aliphatic rings. The van der Waals surface area contributed by atoms with Crippen LogP contribution in [-0.4, -0.2) is 14.5 Å². The van der Waals surface area contributed by atoms with Gasteiger partial charge in [0.1, 0.15) is 6.33 Å². The molecule has 0 amide bonds. The van der Waals surface area contributed by atoms with Crippen molar-refractivity contribution in [1.29, 1.82) is 0 Å². The lowest BCUT2D eigenvalue weighted by molar-refractivity contribution is 0.820. The molecule has 0 N–H and O–H groups in total. The zero-order valence-electron chi connectivity index (χ0n) is 9.06. The van der Waals surface area contributed by atoms with Crippen molar-refractivity contribution in [2.45, 2.75) is 19.8 Å². The molecule has 0 aliphatic carbocycles. The maximum Gasteiger partial charge on any atom is 0.251 e. The number of hydrogen-bond acceptors (Lipinski definition) is 3. The van der Waals surface area contributed by atoms with Crippen molar-refractivity contribution in [3.8, 4) is 0 Å². The molecular weight excluding hydrogens is 190 g/mol. The number of fused-ring (bicyclic) bond motifs is 1. The Morgan fingerprint density at radius 1 is 1.33 bits per heavy atom. The number of hydrogen-bond donors (Lipinski definition) is 0. The first-order valence-corrected chi connectivity index (χ1v) is 4.91. The van der Waals surface area contributed by atoms with Gasteiger partial charge in [0.2, 0.25) is 0 Å². The largest absolute Gasteiger partial charge is 0.316 e. The highest BCUT2D eigenvalue weighted by atomic mass is 16.1. The van der Waals surface area contributed by atoms with Crippen molar-refractivity contribution in [2.24, 2.45) is 7.05 Å². The maximum atomic E-state index is 11.5. The number of nitrogens with zero attached hydrogens (tertiary/aromatic N) is 3. The average molecular weight is 203 g/mol. The molecule has 0 saturated carbocycles. The average Bonchev–Trinajstić information content (AvgIpc) is 2.18. The molecule has 0 radical (unpaired) electrons. The fourth-order valence-electron chi connectivity index (χ4n) is 1.61. The number of rotatable bonds is 1. The first-order chi connectivity index (χ1) is 7.09. The van der Waals surface area contributed by atoms with Crippen LogP contribution in [0.25, 0.3) is 10.9 Å². The molecule has 0 atom stereocenters. The van der Waals surface area contributed by atoms with E-state index in [0.29, 0.717) is 5.92 Å². The zero-order valence-corrected chi connectivity index (χ0v) is 9.06. The molecular formula is C11H13N3O. The van der Waals surface area contributed by atoms with Crippen LogP contribution in [0.1, 0.15) is 25.5 Å². The van der Waals surface area contributed by atoms with E-state index in [2.05, 4.69) is 23.8 Å². The van der Waals surface area contributed by atoms with Crippen LogP contribution >= 0.6 is 0 Å². The lowest BCUT2D eigenvalue weighted by Gasteiger charge is -2.08. The van der Waals surface area contributed by atoms with E-state index < -0.39 is 0 Å². The highest BCUT2D eigenvalue weighted by Crippen LogP contribution is 2.19. The molecule has 2 rings (SSSR count). The van der Waals surface area contributed by atoms with Crippen molar-refractivity contribution in [1.82, 2.24) is 14.5 Å². The molecule has 78 valence electrons. The van der Waals surface area contributed by atoms with Crippen molar-refractivity contribution < 1.29 is 0 Å². The second-order valence-corrected chi connectivity index (χ2v) is 3.94. The van der Waals surface area contributed by atoms with Gasteiger partial charge in [-0.15, -0.1) is 0 Å². The fourth-order valence-corrected chi connectivity index (χ4v) is 1.61. The predicted octanol–water partition coefficient (Wildman–Crippen LogP) is 1.45. The smallest absolute Gasteiger partial charge is 0.251 e. The molecule has 4 heteroatoms. The molecule has 0 fully saturated rings. The van der Waals surface area contributed by atoms with E-state index >= 15 is 0 Å². The maximum absolute atomic E-state index is 11.5. The summed E-state index contributed by atoms with van der Waals surface area (Å²) in [6.45, 7) is 4.11. The minimum atomic E-state index is -0.0285. The molecule has 2 heterocycles. The molecule has 0 aliphatic heterocycles. The summed E-state index contributed by atoms with van der Waals surface area (Å²) in [4.78, 5) is 19.9. The van der Waals surface area contributed by atoms with Crippen molar-refractivity contribution in [3.63, 3.8) is 0 Å². The Balaban J connectivity index is 2.86. The third-order valence-electron chi connectivity index (χ3n) is 2.42. The van der Waals surface area contributed by atoms with Crippen molar-refractivity contribution >= 4 is 10.9 Å². The Kier molecular flexibility index (Phi) is 2.26. The molecule has 2 aromatic rings. The third-order valence-corrected chi connectivity index (χ3v) is 2.42. The molecule has 15 heavy (non-hydrogen) atoms. The lowest BCUT2D eigenvalue weighted by Crippen LogP contribution is -2.15. The van der Waals surface area contributed by atoms with E-state index in [0.717, 1.165) is 16.6 Å². The summed E-state index contributed by atoms with van der Waals surface area (Å²) in [5, 5.41) is 0.857. The third kappa shape index (κ3) is 1.63. The van der Waals surface area contributed by atoms with Gasteiger partial charge in [-0.3, -0.25) is 4.79 Å². The Hall–Kier alpha value is -1.71. The minimum Gasteiger partial charge on any atom is -0.316 e. The van der Waals surface area contributed by atoms with Gasteiger partial charge >= 0.3 is 0 Å². The lowest BCUT2D eigenvalue weighted by atomic mass is 10.1. The molecule has 0 bridgehead atoms. The van der Waals surface area contributed by atoms with Crippen LogP contribution in [-0.2, 0) is 7.05 Å². The molecule has 2 aromatic heterocycles. The Morgan fingerprint density at radius 2 is 2.07 bits per heavy atom. The second-order valence-electron chi connectivity index (χ2n) is 3.94. The van der Waals surface area contributed by atoms with E-state index in [-0.39, 0.29) is 5.56 Å². The summed E-state index contributed by atoms with van der Waals surface area (Å²) in [5.41, 5.74) is 1.72. The van der Waals surface area contributed by atoms with E-state index in [1.165, 1.54) is 4.57 Å². The van der Waals surface area contributed by atoms with Gasteiger partial charge in [0, 0.05) is 24.7 Å². The fraction of sp³-hybridized carbons (Fsp3) is 0.364. The van der Waals surface area contributed by atoms with Gasteiger partial charge in [0.25, 0.3) is 5.56 Å². The zero-order chi connectivity index (χ0) is 11.0. The van der Waals surface area contributed by atoms with Gasteiger partial charge in [-0.25, -0.2) is 9.97 Å². The first-order valence-electron chi connectivity index (χ1n) is 4.91. The molecule has 0 aromatic carbocycles. The summed E-state index contributed by atoms with van der Waals surface area (Å²) in [5.74, 6) is 0.294. The van der Waals surface area contributed by atoms with Gasteiger partial charge in [0.15, 0.2) is 0 Å². The highest BCUT2D eigenvalue weighted by molar-refractivity contribution is 5.79. The Morgan fingerprint density at radius 3 is 2.73 bits per heavy atom. The number of aromatic nitrogens is 3. The minimum absolute atomic E-state index is 0.0285. The quantitative estimate of drug-likeness (QED) is 0.704. The van der Waals surface area contributed by atoms with Crippen LogP contribution in [0.2, 0.25) is 0 Å². The van der Waals surface area contributed by atoms with Crippen molar-refractivity contribution in [2.75, 3.05) is 0 Å². The monoisotopic (exact) mass is 203 g/mol. The SMILES string of the molecule is CC(C)c1ncnc2cn(C)c(=O)cc12. The topological polar surface area (TPSA) is 47.8 Å². The summed E-state index contributed by atoms with van der Waals surface area (Å²) in [7, 11) is 1.72. The Bertz CT molecular complexity index is 557. The van der Waals surface area contributed by atoms with Crippen molar-refractivity contribution in [3.05, 3.63) is 34.6 Å². The van der Waals surface area contributed by atoms with E-state index in [4.69, 9.17) is 0 Å². The number of aryl methyl sites for hydroxylation is 1. The van der Waals surface area contributed by atoms with E-state index in [1.807, 2.05) is 0 Å². The number of pyridine rings is 1. The first kappa shape index (κ1) is 9.83. The molecule has 0 unspecified atom stereocenters. The second kappa shape index (κ2) is 3.46. The van der Waals surface area contributed by atoms with Crippen LogP contribution in [0, 0.1) is 0 Å². The predicted molar refractivity (Wildman–Crippen MR) is 58.9 cm³/mol. The summed E-state index contributed by atoms with van der Waals surface area (Å²) >= 11 is 0. The summed E-state index contributed by atoms with van der Waals surface area (Å²) in [6, 6.07) is 1.60. The molecule has 0 spiro atoms. The van der Waals surface area contributed by atoms with Crippen LogP contribution in [0.15, 0.2) is 23.4 Å². The van der Waals surface area contributed by atoms with Crippen LogP contribution in [0.3, 0.4) is 0 Å². The van der Waals surface area contributed by atoms with Gasteiger partial charge < -0.3 is 4.57 Å². The van der Waals surface area contributed by atoms with E-state index in [9.17, 15) is 4.79 Å². The molecule has 4 nitrogen and oxygen atoms in total. The summed E-state index contributed by atoms with van der Waals surface area (Å²) in [6.07, 6.45) is 3.29. The molecule has 0 saturated heterocycles. The Labute approximate surface area is 87.6 Å². The van der Waals surface area contributed by atoms with Crippen LogP contribution in [0.5, 0.6) is 0 Å². The van der Waals surface area contributed by atoms with Crippen LogP contribution < -0.4 is 5.56 Å². The van der Waals surface area contributed by atoms with Gasteiger partial charge in [-0.2, -0.15) is 0 Å². The normalized spacial score (nSPS) is 11.2. The van der Waals surface area contributed by atoms with Gasteiger partial charge in [0.05, 0.1) is 11.2 Å². The van der Waals surface area contributed by atoms with Gasteiger partial charge in [-0.05, 0) is 5.92 Å². The van der Waals surface area contributed by atoms with Gasteiger partial charge in [-0.1, -0.05) is 13.8 Å². The van der Waals surface area contributed by atoms with Crippen LogP contribution in [0.4, 0.5) is 0 Å². The summed E-state index contributed by atoms with van der Waals surface area (Å²) < 4.78 is 1.53. The standard InChI is InChI=1S/C11H13N3O/c1-7(2)11-8-4-10(15)14(3)5-9(8)12-6-13-11/h4-7H,1-3H3. The van der Waals surface area contributed by atoms with E-state index in [1.54, 1.807) is 25.6 Å². The highest BCUT2D eigenvalue weighted by Gasteiger charge is 2.08.